The standard InChI is InChI=1S/C12H10Cl2N2/c1-16-7-6-15-12(16)5-3-9-2-4-10(13)8-11(9)14/h2-8H,1H3. The summed E-state index contributed by atoms with van der Waals surface area (Å²) in [5.74, 6) is 0.881. The van der Waals surface area contributed by atoms with Crippen LogP contribution in [0, 0.1) is 0 Å². The molecule has 0 bridgehead atoms. The van der Waals surface area contributed by atoms with E-state index in [-0.39, 0.29) is 0 Å². The maximum absolute atomic E-state index is 6.05. The van der Waals surface area contributed by atoms with E-state index in [0.717, 1.165) is 11.4 Å². The summed E-state index contributed by atoms with van der Waals surface area (Å²) in [6, 6.07) is 5.41. The van der Waals surface area contributed by atoms with Gasteiger partial charge in [0.1, 0.15) is 5.82 Å². The van der Waals surface area contributed by atoms with Gasteiger partial charge in [-0.1, -0.05) is 29.3 Å². The average Bonchev–Trinajstić information content (AvgIpc) is 2.63. The van der Waals surface area contributed by atoms with Gasteiger partial charge in [0.15, 0.2) is 0 Å². The lowest BCUT2D eigenvalue weighted by Gasteiger charge is -1.99. The van der Waals surface area contributed by atoms with Gasteiger partial charge < -0.3 is 4.57 Å². The zero-order valence-electron chi connectivity index (χ0n) is 8.69. The first-order valence-electron chi connectivity index (χ1n) is 4.77. The summed E-state index contributed by atoms with van der Waals surface area (Å²) in [7, 11) is 1.94. The van der Waals surface area contributed by atoms with Crippen molar-refractivity contribution in [1.29, 1.82) is 0 Å². The highest BCUT2D eigenvalue weighted by molar-refractivity contribution is 6.35. The van der Waals surface area contributed by atoms with E-state index in [1.54, 1.807) is 12.3 Å². The number of hydrogen-bond donors (Lipinski definition) is 0. The second-order valence-electron chi connectivity index (χ2n) is 3.40. The molecule has 0 saturated carbocycles. The van der Waals surface area contributed by atoms with Crippen molar-refractivity contribution in [3.8, 4) is 0 Å². The first-order valence-corrected chi connectivity index (χ1v) is 5.53. The Balaban J connectivity index is 2.27. The van der Waals surface area contributed by atoms with Crippen LogP contribution >= 0.6 is 23.2 Å². The maximum atomic E-state index is 6.05. The minimum Gasteiger partial charge on any atom is -0.335 e. The van der Waals surface area contributed by atoms with Gasteiger partial charge in [0, 0.05) is 29.5 Å². The van der Waals surface area contributed by atoms with Crippen molar-refractivity contribution in [2.24, 2.45) is 7.05 Å². The molecule has 0 amide bonds. The van der Waals surface area contributed by atoms with Crippen LogP contribution in [0.4, 0.5) is 0 Å². The van der Waals surface area contributed by atoms with Crippen LogP contribution in [-0.2, 0) is 7.05 Å². The van der Waals surface area contributed by atoms with Gasteiger partial charge in [-0.15, -0.1) is 0 Å². The second-order valence-corrected chi connectivity index (χ2v) is 4.24. The number of nitrogens with zero attached hydrogens (tertiary/aromatic N) is 2. The lowest BCUT2D eigenvalue weighted by molar-refractivity contribution is 0.898. The van der Waals surface area contributed by atoms with E-state index in [1.807, 2.05) is 42.1 Å². The van der Waals surface area contributed by atoms with E-state index in [9.17, 15) is 0 Å². The molecule has 2 nitrogen and oxygen atoms in total. The molecular formula is C12H10Cl2N2. The van der Waals surface area contributed by atoms with Gasteiger partial charge in [-0.25, -0.2) is 4.98 Å². The van der Waals surface area contributed by atoms with Gasteiger partial charge >= 0.3 is 0 Å². The summed E-state index contributed by atoms with van der Waals surface area (Å²) in [6.45, 7) is 0. The van der Waals surface area contributed by atoms with Crippen LogP contribution in [-0.4, -0.2) is 9.55 Å². The van der Waals surface area contributed by atoms with Crippen LogP contribution in [0.15, 0.2) is 30.6 Å². The molecule has 0 aliphatic heterocycles. The summed E-state index contributed by atoms with van der Waals surface area (Å²) in [5, 5.41) is 1.28. The SMILES string of the molecule is Cn1ccnc1C=Cc1ccc(Cl)cc1Cl. The van der Waals surface area contributed by atoms with Crippen LogP contribution in [0.2, 0.25) is 10.0 Å². The van der Waals surface area contributed by atoms with Crippen molar-refractivity contribution in [2.75, 3.05) is 0 Å². The Kier molecular flexibility index (Phi) is 3.32. The number of imidazole rings is 1. The molecule has 0 aliphatic carbocycles. The topological polar surface area (TPSA) is 17.8 Å². The van der Waals surface area contributed by atoms with Gasteiger partial charge in [0.25, 0.3) is 0 Å². The molecule has 2 aromatic rings. The van der Waals surface area contributed by atoms with E-state index >= 15 is 0 Å². The molecule has 0 aliphatic rings. The monoisotopic (exact) mass is 252 g/mol. The molecule has 1 aromatic heterocycles. The molecule has 0 spiro atoms. The Labute approximate surface area is 104 Å². The molecule has 4 heteroatoms. The van der Waals surface area contributed by atoms with Gasteiger partial charge in [-0.2, -0.15) is 0 Å². The van der Waals surface area contributed by atoms with Gasteiger partial charge in [0.2, 0.25) is 0 Å². The Morgan fingerprint density at radius 3 is 2.69 bits per heavy atom. The van der Waals surface area contributed by atoms with E-state index in [1.165, 1.54) is 0 Å². The molecule has 0 saturated heterocycles. The highest BCUT2D eigenvalue weighted by Crippen LogP contribution is 2.22. The van der Waals surface area contributed by atoms with Crippen LogP contribution in [0.3, 0.4) is 0 Å². The van der Waals surface area contributed by atoms with Crippen molar-refractivity contribution >= 4 is 35.4 Å². The molecule has 16 heavy (non-hydrogen) atoms. The summed E-state index contributed by atoms with van der Waals surface area (Å²) < 4.78 is 1.93. The third-order valence-electron chi connectivity index (χ3n) is 2.23. The number of benzene rings is 1. The smallest absolute Gasteiger partial charge is 0.132 e. The van der Waals surface area contributed by atoms with Crippen molar-refractivity contribution in [3.63, 3.8) is 0 Å². The molecular weight excluding hydrogens is 243 g/mol. The summed E-state index contributed by atoms with van der Waals surface area (Å²) in [5.41, 5.74) is 0.925. The van der Waals surface area contributed by atoms with Crippen molar-refractivity contribution in [3.05, 3.63) is 52.0 Å². The highest BCUT2D eigenvalue weighted by Gasteiger charge is 1.98. The largest absolute Gasteiger partial charge is 0.335 e. The van der Waals surface area contributed by atoms with E-state index < -0.39 is 0 Å². The summed E-state index contributed by atoms with van der Waals surface area (Å²) >= 11 is 11.9. The molecule has 2 rings (SSSR count). The van der Waals surface area contributed by atoms with Gasteiger partial charge in [0.05, 0.1) is 0 Å². The van der Waals surface area contributed by atoms with Crippen molar-refractivity contribution in [1.82, 2.24) is 9.55 Å². The van der Waals surface area contributed by atoms with Crippen LogP contribution in [0.25, 0.3) is 12.2 Å². The Morgan fingerprint density at radius 1 is 1.25 bits per heavy atom. The van der Waals surface area contributed by atoms with Gasteiger partial charge in [-0.3, -0.25) is 0 Å². The zero-order chi connectivity index (χ0) is 11.5. The minimum atomic E-state index is 0.637. The normalized spacial score (nSPS) is 11.2. The van der Waals surface area contributed by atoms with Gasteiger partial charge in [-0.05, 0) is 29.8 Å². The first-order chi connectivity index (χ1) is 7.66. The van der Waals surface area contributed by atoms with Crippen molar-refractivity contribution in [2.45, 2.75) is 0 Å². The fraction of sp³-hybridized carbons (Fsp3) is 0.0833. The fourth-order valence-electron chi connectivity index (χ4n) is 1.34. The Morgan fingerprint density at radius 2 is 2.06 bits per heavy atom. The summed E-state index contributed by atoms with van der Waals surface area (Å²) in [6.07, 6.45) is 7.47. The molecule has 0 N–H and O–H groups in total. The molecule has 1 heterocycles. The Hall–Kier alpha value is -1.25. The highest BCUT2D eigenvalue weighted by atomic mass is 35.5. The average molecular weight is 253 g/mol. The second kappa shape index (κ2) is 4.73. The number of halogens is 2. The number of aryl methyl sites for hydroxylation is 1. The van der Waals surface area contributed by atoms with E-state index in [2.05, 4.69) is 4.98 Å². The molecule has 0 radical (unpaired) electrons. The quantitative estimate of drug-likeness (QED) is 0.793. The lowest BCUT2D eigenvalue weighted by Crippen LogP contribution is -1.88. The molecule has 0 unspecified atom stereocenters. The predicted molar refractivity (Wildman–Crippen MR) is 68.6 cm³/mol. The minimum absolute atomic E-state index is 0.637. The van der Waals surface area contributed by atoms with E-state index in [4.69, 9.17) is 23.2 Å². The maximum Gasteiger partial charge on any atom is 0.132 e. The number of hydrogen-bond acceptors (Lipinski definition) is 1. The molecule has 0 fully saturated rings. The predicted octanol–water partition coefficient (Wildman–Crippen LogP) is 3.90. The lowest BCUT2D eigenvalue weighted by atomic mass is 10.2. The number of aromatic nitrogens is 2. The Bertz CT molecular complexity index is 530. The third kappa shape index (κ3) is 2.46. The van der Waals surface area contributed by atoms with Crippen molar-refractivity contribution < 1.29 is 0 Å². The van der Waals surface area contributed by atoms with Crippen LogP contribution in [0.1, 0.15) is 11.4 Å². The molecule has 82 valence electrons. The molecule has 1 aromatic carbocycles. The van der Waals surface area contributed by atoms with E-state index in [0.29, 0.717) is 10.0 Å². The van der Waals surface area contributed by atoms with Crippen LogP contribution < -0.4 is 0 Å². The summed E-state index contributed by atoms with van der Waals surface area (Å²) in [4.78, 5) is 4.19. The fourth-order valence-corrected chi connectivity index (χ4v) is 1.81. The number of rotatable bonds is 2. The van der Waals surface area contributed by atoms with Crippen LogP contribution in [0.5, 0.6) is 0 Å². The first kappa shape index (κ1) is 11.2. The zero-order valence-corrected chi connectivity index (χ0v) is 10.2. The molecule has 0 atom stereocenters. The third-order valence-corrected chi connectivity index (χ3v) is 2.80.